The van der Waals surface area contributed by atoms with E-state index >= 15 is 0 Å². The summed E-state index contributed by atoms with van der Waals surface area (Å²) in [6.07, 6.45) is 0.584. The summed E-state index contributed by atoms with van der Waals surface area (Å²) >= 11 is 0. The third-order valence-corrected chi connectivity index (χ3v) is 2.46. The molecule has 0 saturated carbocycles. The molecule has 0 spiro atoms. The second-order valence-corrected chi connectivity index (χ2v) is 3.85. The standard InChI is InChI=1S/C12H14N2O4/c1-13-7-11(15)17-5-4-8-2-3-9-10(6-8)18-12(16)14-9/h2-3,6,13H,4-5,7H2,1H3,(H,14,16). The second-order valence-electron chi connectivity index (χ2n) is 3.85. The molecule has 0 saturated heterocycles. The van der Waals surface area contributed by atoms with Gasteiger partial charge in [0.15, 0.2) is 5.58 Å². The van der Waals surface area contributed by atoms with Crippen molar-refractivity contribution in [1.82, 2.24) is 10.3 Å². The molecule has 1 aromatic heterocycles. The maximum atomic E-state index is 11.1. The van der Waals surface area contributed by atoms with Crippen LogP contribution in [0.4, 0.5) is 0 Å². The third-order valence-electron chi connectivity index (χ3n) is 2.46. The van der Waals surface area contributed by atoms with Crippen molar-refractivity contribution < 1.29 is 13.9 Å². The highest BCUT2D eigenvalue weighted by atomic mass is 16.5. The molecule has 0 amide bonds. The van der Waals surface area contributed by atoms with Gasteiger partial charge in [-0.25, -0.2) is 4.79 Å². The van der Waals surface area contributed by atoms with Crippen LogP contribution in [0.15, 0.2) is 27.4 Å². The molecule has 0 fully saturated rings. The van der Waals surface area contributed by atoms with Gasteiger partial charge in [-0.1, -0.05) is 6.07 Å². The number of esters is 1. The lowest BCUT2D eigenvalue weighted by molar-refractivity contribution is -0.142. The van der Waals surface area contributed by atoms with Crippen molar-refractivity contribution in [2.75, 3.05) is 20.2 Å². The molecular weight excluding hydrogens is 236 g/mol. The third kappa shape index (κ3) is 2.98. The molecule has 0 aliphatic carbocycles. The number of carbonyl (C=O) groups excluding carboxylic acids is 1. The number of benzene rings is 1. The zero-order chi connectivity index (χ0) is 13.0. The minimum absolute atomic E-state index is 0.200. The fraction of sp³-hybridized carbons (Fsp3) is 0.333. The molecule has 0 bridgehead atoms. The summed E-state index contributed by atoms with van der Waals surface area (Å²) in [5.41, 5.74) is 2.12. The van der Waals surface area contributed by atoms with Gasteiger partial charge >= 0.3 is 11.7 Å². The van der Waals surface area contributed by atoms with Gasteiger partial charge in [-0.3, -0.25) is 9.78 Å². The summed E-state index contributed by atoms with van der Waals surface area (Å²) in [7, 11) is 1.68. The van der Waals surface area contributed by atoms with Gasteiger partial charge in [-0.05, 0) is 24.7 Å². The second kappa shape index (κ2) is 5.50. The topological polar surface area (TPSA) is 84.3 Å². The Hall–Kier alpha value is -2.08. The molecule has 2 aromatic rings. The highest BCUT2D eigenvalue weighted by molar-refractivity contribution is 5.73. The van der Waals surface area contributed by atoms with Crippen LogP contribution in [0.3, 0.4) is 0 Å². The van der Waals surface area contributed by atoms with E-state index in [1.54, 1.807) is 19.2 Å². The average molecular weight is 250 g/mol. The van der Waals surface area contributed by atoms with E-state index in [0.717, 1.165) is 5.56 Å². The highest BCUT2D eigenvalue weighted by Gasteiger charge is 2.04. The molecule has 96 valence electrons. The number of ether oxygens (including phenoxy) is 1. The van der Waals surface area contributed by atoms with E-state index in [1.165, 1.54) is 0 Å². The zero-order valence-corrected chi connectivity index (χ0v) is 9.99. The Bertz CT molecular complexity index is 599. The van der Waals surface area contributed by atoms with E-state index in [2.05, 4.69) is 10.3 Å². The number of hydrogen-bond donors (Lipinski definition) is 2. The lowest BCUT2D eigenvalue weighted by Gasteiger charge is -2.04. The van der Waals surface area contributed by atoms with E-state index in [9.17, 15) is 9.59 Å². The summed E-state index contributed by atoms with van der Waals surface area (Å²) in [4.78, 5) is 24.6. The van der Waals surface area contributed by atoms with Gasteiger partial charge in [0.25, 0.3) is 0 Å². The Morgan fingerprint density at radius 2 is 2.33 bits per heavy atom. The first kappa shape index (κ1) is 12.4. The summed E-state index contributed by atoms with van der Waals surface area (Å²) in [6, 6.07) is 5.39. The first-order chi connectivity index (χ1) is 8.69. The first-order valence-electron chi connectivity index (χ1n) is 5.61. The van der Waals surface area contributed by atoms with Crippen LogP contribution < -0.4 is 11.1 Å². The smallest absolute Gasteiger partial charge is 0.417 e. The number of oxazole rings is 1. The van der Waals surface area contributed by atoms with E-state index < -0.39 is 5.76 Å². The Balaban J connectivity index is 1.95. The molecule has 0 radical (unpaired) electrons. The van der Waals surface area contributed by atoms with Gasteiger partial charge < -0.3 is 14.5 Å². The number of aromatic amines is 1. The van der Waals surface area contributed by atoms with Gasteiger partial charge in [-0.2, -0.15) is 0 Å². The van der Waals surface area contributed by atoms with Gasteiger partial charge in [0.1, 0.15) is 0 Å². The summed E-state index contributed by atoms with van der Waals surface area (Å²) in [5, 5.41) is 2.71. The zero-order valence-electron chi connectivity index (χ0n) is 9.99. The predicted octanol–water partition coefficient (Wildman–Crippen LogP) is 0.426. The Morgan fingerprint density at radius 3 is 3.11 bits per heavy atom. The molecule has 6 nitrogen and oxygen atoms in total. The number of rotatable bonds is 5. The van der Waals surface area contributed by atoms with Crippen molar-refractivity contribution in [1.29, 1.82) is 0 Å². The minimum atomic E-state index is -0.470. The quantitative estimate of drug-likeness (QED) is 0.751. The van der Waals surface area contributed by atoms with Crippen LogP contribution in [-0.2, 0) is 16.0 Å². The molecule has 18 heavy (non-hydrogen) atoms. The SMILES string of the molecule is CNCC(=O)OCCc1ccc2[nH]c(=O)oc2c1. The molecule has 0 aliphatic heterocycles. The molecule has 0 aliphatic rings. The first-order valence-corrected chi connectivity index (χ1v) is 5.61. The molecule has 0 unspecified atom stereocenters. The maximum absolute atomic E-state index is 11.1. The van der Waals surface area contributed by atoms with E-state index in [0.29, 0.717) is 24.1 Å². The lowest BCUT2D eigenvalue weighted by Crippen LogP contribution is -2.21. The summed E-state index contributed by atoms with van der Waals surface area (Å²) in [5.74, 6) is -0.755. The van der Waals surface area contributed by atoms with Crippen LogP contribution in [0, 0.1) is 0 Å². The average Bonchev–Trinajstić information content (AvgIpc) is 2.69. The number of aromatic nitrogens is 1. The van der Waals surface area contributed by atoms with Crippen molar-refractivity contribution in [2.45, 2.75) is 6.42 Å². The van der Waals surface area contributed by atoms with Crippen molar-refractivity contribution in [3.63, 3.8) is 0 Å². The minimum Gasteiger partial charge on any atom is -0.464 e. The Labute approximate surface area is 103 Å². The molecule has 1 aromatic carbocycles. The largest absolute Gasteiger partial charge is 0.464 e. The molecule has 1 heterocycles. The van der Waals surface area contributed by atoms with E-state index in [4.69, 9.17) is 9.15 Å². The van der Waals surface area contributed by atoms with Crippen LogP contribution >= 0.6 is 0 Å². The molecular formula is C12H14N2O4. The van der Waals surface area contributed by atoms with Gasteiger partial charge in [0.05, 0.1) is 18.7 Å². The number of nitrogens with one attached hydrogen (secondary N) is 2. The van der Waals surface area contributed by atoms with Crippen molar-refractivity contribution in [3.05, 3.63) is 34.3 Å². The summed E-state index contributed by atoms with van der Waals surface area (Å²) < 4.78 is 9.95. The van der Waals surface area contributed by atoms with Crippen molar-refractivity contribution in [2.24, 2.45) is 0 Å². The van der Waals surface area contributed by atoms with Gasteiger partial charge in [0, 0.05) is 6.42 Å². The predicted molar refractivity (Wildman–Crippen MR) is 65.4 cm³/mol. The van der Waals surface area contributed by atoms with Crippen molar-refractivity contribution in [3.8, 4) is 0 Å². The number of H-pyrrole nitrogens is 1. The molecule has 2 rings (SSSR count). The van der Waals surface area contributed by atoms with Crippen molar-refractivity contribution >= 4 is 17.1 Å². The maximum Gasteiger partial charge on any atom is 0.417 e. The Morgan fingerprint density at radius 1 is 1.50 bits per heavy atom. The molecule has 0 atom stereocenters. The molecule has 2 N–H and O–H groups in total. The molecule has 6 heteroatoms. The normalized spacial score (nSPS) is 10.7. The van der Waals surface area contributed by atoms with E-state index in [1.807, 2.05) is 6.07 Å². The van der Waals surface area contributed by atoms with E-state index in [-0.39, 0.29) is 12.5 Å². The lowest BCUT2D eigenvalue weighted by atomic mass is 10.1. The van der Waals surface area contributed by atoms with Crippen LogP contribution in [0.2, 0.25) is 0 Å². The fourth-order valence-electron chi connectivity index (χ4n) is 1.62. The number of carbonyl (C=O) groups is 1. The number of hydrogen-bond acceptors (Lipinski definition) is 5. The summed E-state index contributed by atoms with van der Waals surface area (Å²) in [6.45, 7) is 0.506. The van der Waals surface area contributed by atoms with Crippen LogP contribution in [0.25, 0.3) is 11.1 Å². The van der Waals surface area contributed by atoms with Crippen LogP contribution in [-0.4, -0.2) is 31.2 Å². The number of fused-ring (bicyclic) bond motifs is 1. The highest BCUT2D eigenvalue weighted by Crippen LogP contribution is 2.12. The Kier molecular flexibility index (Phi) is 3.78. The van der Waals surface area contributed by atoms with Crippen LogP contribution in [0.1, 0.15) is 5.56 Å². The fourth-order valence-corrected chi connectivity index (χ4v) is 1.62. The number of likely N-dealkylation sites (N-methyl/N-ethyl adjacent to an activating group) is 1. The van der Waals surface area contributed by atoms with Gasteiger partial charge in [0.2, 0.25) is 0 Å². The van der Waals surface area contributed by atoms with Crippen LogP contribution in [0.5, 0.6) is 0 Å². The van der Waals surface area contributed by atoms with Gasteiger partial charge in [-0.15, -0.1) is 0 Å². The monoisotopic (exact) mass is 250 g/mol.